The minimum Gasteiger partial charge on any atom is -0.444 e. The Morgan fingerprint density at radius 2 is 1.91 bits per heavy atom. The number of hydrogen-bond donors (Lipinski definition) is 0. The number of fused-ring (bicyclic) bond motifs is 1. The van der Waals surface area contributed by atoms with Crippen molar-refractivity contribution < 1.29 is 9.47 Å². The molecule has 0 amide bonds. The topological polar surface area (TPSA) is 18.5 Å². The first-order valence-corrected chi connectivity index (χ1v) is 3.46. The highest BCUT2D eigenvalue weighted by atomic mass is 35.5. The number of halogens is 1. The van der Waals surface area contributed by atoms with Gasteiger partial charge in [0, 0.05) is 0 Å². The van der Waals surface area contributed by atoms with Crippen molar-refractivity contribution in [3.8, 4) is 11.5 Å². The molecule has 55 valence electrons. The summed E-state index contributed by atoms with van der Waals surface area (Å²) in [6.45, 7) is 0. The summed E-state index contributed by atoms with van der Waals surface area (Å²) in [5, 5.41) is 0.128. The molecule has 11 heavy (non-hydrogen) atoms. The van der Waals surface area contributed by atoms with Gasteiger partial charge in [0.2, 0.25) is 11.5 Å². The summed E-state index contributed by atoms with van der Waals surface area (Å²) in [5.41, 5.74) is 0. The van der Waals surface area contributed by atoms with Crippen LogP contribution in [-0.4, -0.2) is 0 Å². The number of hydrogen-bond acceptors (Lipinski definition) is 2. The van der Waals surface area contributed by atoms with Gasteiger partial charge in [-0.1, -0.05) is 12.1 Å². The van der Waals surface area contributed by atoms with Crippen LogP contribution in [0.15, 0.2) is 29.5 Å². The maximum atomic E-state index is 5.50. The van der Waals surface area contributed by atoms with Crippen LogP contribution in [0.3, 0.4) is 0 Å². The summed E-state index contributed by atoms with van der Waals surface area (Å²) in [6.07, 6.45) is 2.40. The number of rotatable bonds is 0. The Kier molecular flexibility index (Phi) is 1.47. The molecule has 0 saturated carbocycles. The van der Waals surface area contributed by atoms with E-state index >= 15 is 0 Å². The molecule has 1 aliphatic heterocycles. The van der Waals surface area contributed by atoms with Gasteiger partial charge in [0.15, 0.2) is 11.5 Å². The number of ether oxygens (including phenoxy) is 2. The van der Waals surface area contributed by atoms with E-state index in [0.717, 1.165) is 0 Å². The molecule has 0 aromatic heterocycles. The van der Waals surface area contributed by atoms with Gasteiger partial charge < -0.3 is 9.47 Å². The van der Waals surface area contributed by atoms with Gasteiger partial charge in [-0.25, -0.2) is 0 Å². The molecular formula is C8H4ClO2. The summed E-state index contributed by atoms with van der Waals surface area (Å²) in [4.78, 5) is 0. The molecule has 0 bridgehead atoms. The monoisotopic (exact) mass is 167 g/mol. The summed E-state index contributed by atoms with van der Waals surface area (Å²) >= 11 is 5.50. The summed E-state index contributed by atoms with van der Waals surface area (Å²) in [6, 6.07) is 7.25. The van der Waals surface area contributed by atoms with E-state index in [4.69, 9.17) is 21.1 Å². The Hall–Kier alpha value is -1.15. The molecule has 1 heterocycles. The maximum Gasteiger partial charge on any atom is 0.240 e. The van der Waals surface area contributed by atoms with E-state index in [0.29, 0.717) is 11.5 Å². The standard InChI is InChI=1S/C8H4ClO2/c9-8-5-10-6-3-1-2-4-7(6)11-8/h1-4H. The van der Waals surface area contributed by atoms with Crippen LogP contribution in [0.25, 0.3) is 0 Å². The molecule has 1 aliphatic rings. The van der Waals surface area contributed by atoms with Gasteiger partial charge in [0.1, 0.15) is 0 Å². The van der Waals surface area contributed by atoms with Crippen LogP contribution in [0.1, 0.15) is 0 Å². The minimum absolute atomic E-state index is 0.128. The van der Waals surface area contributed by atoms with Crippen molar-refractivity contribution in [2.45, 2.75) is 0 Å². The second-order valence-corrected chi connectivity index (χ2v) is 2.37. The molecule has 1 aromatic carbocycles. The second kappa shape index (κ2) is 2.47. The molecule has 2 rings (SSSR count). The van der Waals surface area contributed by atoms with Crippen LogP contribution in [0.2, 0.25) is 0 Å². The van der Waals surface area contributed by atoms with Crippen LogP contribution in [0.5, 0.6) is 11.5 Å². The van der Waals surface area contributed by atoms with Gasteiger partial charge in [-0.2, -0.15) is 0 Å². The van der Waals surface area contributed by atoms with E-state index < -0.39 is 0 Å². The zero-order valence-electron chi connectivity index (χ0n) is 5.50. The van der Waals surface area contributed by atoms with E-state index in [2.05, 4.69) is 6.26 Å². The quantitative estimate of drug-likeness (QED) is 0.590. The zero-order valence-corrected chi connectivity index (χ0v) is 6.26. The summed E-state index contributed by atoms with van der Waals surface area (Å²) in [7, 11) is 0. The van der Waals surface area contributed by atoms with Crippen molar-refractivity contribution >= 4 is 11.6 Å². The predicted octanol–water partition coefficient (Wildman–Crippen LogP) is 2.30. The maximum absolute atomic E-state index is 5.50. The fourth-order valence-corrected chi connectivity index (χ4v) is 0.953. The molecule has 1 radical (unpaired) electrons. The third-order valence-electron chi connectivity index (χ3n) is 1.29. The van der Waals surface area contributed by atoms with Crippen LogP contribution < -0.4 is 9.47 Å². The highest BCUT2D eigenvalue weighted by Crippen LogP contribution is 2.31. The lowest BCUT2D eigenvalue weighted by molar-refractivity contribution is 0.331. The van der Waals surface area contributed by atoms with Gasteiger partial charge in [0.05, 0.1) is 0 Å². The van der Waals surface area contributed by atoms with Crippen molar-refractivity contribution in [2.75, 3.05) is 0 Å². The first-order valence-electron chi connectivity index (χ1n) is 3.08. The van der Waals surface area contributed by atoms with E-state index in [9.17, 15) is 0 Å². The lowest BCUT2D eigenvalue weighted by Gasteiger charge is -2.12. The van der Waals surface area contributed by atoms with Crippen molar-refractivity contribution in [3.05, 3.63) is 35.7 Å². The van der Waals surface area contributed by atoms with Crippen LogP contribution in [0, 0.1) is 6.26 Å². The molecule has 0 saturated heterocycles. The molecule has 0 fully saturated rings. The summed E-state index contributed by atoms with van der Waals surface area (Å²) in [5.74, 6) is 1.26. The fraction of sp³-hybridized carbons (Fsp3) is 0. The highest BCUT2D eigenvalue weighted by molar-refractivity contribution is 6.28. The number of para-hydroxylation sites is 2. The Labute approximate surface area is 69.0 Å². The second-order valence-electron chi connectivity index (χ2n) is 2.03. The first kappa shape index (κ1) is 6.55. The lowest BCUT2D eigenvalue weighted by atomic mass is 10.3. The van der Waals surface area contributed by atoms with Crippen LogP contribution in [0.4, 0.5) is 0 Å². The normalized spacial score (nSPS) is 14.1. The van der Waals surface area contributed by atoms with Crippen molar-refractivity contribution in [2.24, 2.45) is 0 Å². The molecule has 0 N–H and O–H groups in total. The lowest BCUT2D eigenvalue weighted by Crippen LogP contribution is -2.00. The van der Waals surface area contributed by atoms with E-state index in [1.807, 2.05) is 12.1 Å². The van der Waals surface area contributed by atoms with E-state index in [1.54, 1.807) is 12.1 Å². The van der Waals surface area contributed by atoms with Gasteiger partial charge >= 0.3 is 0 Å². The van der Waals surface area contributed by atoms with E-state index in [1.165, 1.54) is 0 Å². The van der Waals surface area contributed by atoms with E-state index in [-0.39, 0.29) is 5.22 Å². The Balaban J connectivity index is 2.42. The Morgan fingerprint density at radius 1 is 1.18 bits per heavy atom. The van der Waals surface area contributed by atoms with Crippen molar-refractivity contribution in [1.29, 1.82) is 0 Å². The number of benzene rings is 1. The molecule has 0 unspecified atom stereocenters. The van der Waals surface area contributed by atoms with Gasteiger partial charge in [0.25, 0.3) is 0 Å². The smallest absolute Gasteiger partial charge is 0.240 e. The Bertz CT molecular complexity index is 307. The third kappa shape index (κ3) is 1.17. The minimum atomic E-state index is 0.128. The molecule has 0 spiro atoms. The first-order chi connectivity index (χ1) is 5.36. The third-order valence-corrected chi connectivity index (χ3v) is 1.44. The SMILES string of the molecule is ClC1=[C]Oc2ccccc2O1. The molecule has 0 atom stereocenters. The van der Waals surface area contributed by atoms with Crippen LogP contribution >= 0.6 is 11.6 Å². The molecule has 3 heteroatoms. The highest BCUT2D eigenvalue weighted by Gasteiger charge is 2.11. The molecule has 1 aromatic rings. The van der Waals surface area contributed by atoms with Gasteiger partial charge in [-0.15, -0.1) is 0 Å². The average molecular weight is 168 g/mol. The van der Waals surface area contributed by atoms with Crippen molar-refractivity contribution in [1.82, 2.24) is 0 Å². The van der Waals surface area contributed by atoms with Gasteiger partial charge in [-0.3, -0.25) is 0 Å². The Morgan fingerprint density at radius 3 is 2.73 bits per heavy atom. The largest absolute Gasteiger partial charge is 0.444 e. The predicted molar refractivity (Wildman–Crippen MR) is 40.3 cm³/mol. The molecule has 2 nitrogen and oxygen atoms in total. The van der Waals surface area contributed by atoms with Crippen molar-refractivity contribution in [3.63, 3.8) is 0 Å². The fourth-order valence-electron chi connectivity index (χ4n) is 0.831. The average Bonchev–Trinajstić information content (AvgIpc) is 2.04. The zero-order chi connectivity index (χ0) is 7.68. The van der Waals surface area contributed by atoms with Crippen LogP contribution in [-0.2, 0) is 0 Å². The molecule has 0 aliphatic carbocycles. The molecular weight excluding hydrogens is 164 g/mol. The summed E-state index contributed by atoms with van der Waals surface area (Å²) < 4.78 is 10.1. The van der Waals surface area contributed by atoms with Gasteiger partial charge in [-0.05, 0) is 23.7 Å².